The summed E-state index contributed by atoms with van der Waals surface area (Å²) >= 11 is 0. The zero-order chi connectivity index (χ0) is 14.8. The number of fused-ring (bicyclic) bond motifs is 1. The molecule has 1 aliphatic rings. The standard InChI is InChI=1S/C15H17N5O.ClH/c1-10-18-14(16)19-15(17)20(10)21-9-12-7-4-6-11-5-2-3-8-13(11)12;/h2-8,10H,9H2,1H3,(H4,16,17,18,19);1H. The molecule has 7 heteroatoms. The first-order valence-electron chi connectivity index (χ1n) is 6.71. The molecule has 6 nitrogen and oxygen atoms in total. The van der Waals surface area contributed by atoms with Gasteiger partial charge in [0.05, 0.1) is 0 Å². The molecule has 4 N–H and O–H groups in total. The van der Waals surface area contributed by atoms with Crippen LogP contribution in [0, 0.1) is 0 Å². The van der Waals surface area contributed by atoms with Gasteiger partial charge in [0.25, 0.3) is 0 Å². The molecular formula is C15H18ClN5O. The van der Waals surface area contributed by atoms with Gasteiger partial charge in [-0.2, -0.15) is 10.1 Å². The summed E-state index contributed by atoms with van der Waals surface area (Å²) in [5.74, 6) is 0.389. The number of hydrogen-bond donors (Lipinski definition) is 2. The van der Waals surface area contributed by atoms with Crippen LogP contribution in [0.4, 0.5) is 0 Å². The van der Waals surface area contributed by atoms with E-state index in [9.17, 15) is 0 Å². The van der Waals surface area contributed by atoms with Crippen LogP contribution in [0.3, 0.4) is 0 Å². The topological polar surface area (TPSA) is 89.2 Å². The van der Waals surface area contributed by atoms with Crippen molar-refractivity contribution in [2.24, 2.45) is 21.5 Å². The highest BCUT2D eigenvalue weighted by molar-refractivity contribution is 5.94. The molecule has 0 saturated carbocycles. The number of hydrogen-bond acceptors (Lipinski definition) is 6. The maximum absolute atomic E-state index is 5.83. The molecule has 0 bridgehead atoms. The summed E-state index contributed by atoms with van der Waals surface area (Å²) in [5.41, 5.74) is 12.5. The average molecular weight is 320 g/mol. The molecule has 1 atom stereocenters. The number of guanidine groups is 2. The van der Waals surface area contributed by atoms with Crippen molar-refractivity contribution in [3.8, 4) is 0 Å². The Kier molecular flexibility index (Phi) is 4.85. The highest BCUT2D eigenvalue weighted by Crippen LogP contribution is 2.20. The molecule has 0 aromatic heterocycles. The molecule has 1 unspecified atom stereocenters. The van der Waals surface area contributed by atoms with E-state index in [0.29, 0.717) is 6.61 Å². The highest BCUT2D eigenvalue weighted by atomic mass is 35.5. The molecule has 0 fully saturated rings. The van der Waals surface area contributed by atoms with E-state index in [1.807, 2.05) is 31.2 Å². The number of nitrogens with two attached hydrogens (primary N) is 2. The largest absolute Gasteiger partial charge is 0.368 e. The van der Waals surface area contributed by atoms with E-state index >= 15 is 0 Å². The van der Waals surface area contributed by atoms with Crippen molar-refractivity contribution in [1.29, 1.82) is 0 Å². The molecule has 0 saturated heterocycles. The summed E-state index contributed by atoms with van der Waals surface area (Å²) in [5, 5.41) is 3.80. The quantitative estimate of drug-likeness (QED) is 0.905. The molecule has 0 spiro atoms. The summed E-state index contributed by atoms with van der Waals surface area (Å²) in [6, 6.07) is 14.3. The van der Waals surface area contributed by atoms with Crippen molar-refractivity contribution < 1.29 is 4.84 Å². The second-order valence-corrected chi connectivity index (χ2v) is 4.83. The molecule has 0 amide bonds. The van der Waals surface area contributed by atoms with Gasteiger partial charge in [-0.05, 0) is 23.3 Å². The van der Waals surface area contributed by atoms with E-state index in [4.69, 9.17) is 16.3 Å². The minimum Gasteiger partial charge on any atom is -0.368 e. The third-order valence-corrected chi connectivity index (χ3v) is 3.35. The lowest BCUT2D eigenvalue weighted by Crippen LogP contribution is -2.46. The normalized spacial score (nSPS) is 17.7. The molecule has 2 aromatic carbocycles. The maximum atomic E-state index is 5.83. The third kappa shape index (κ3) is 3.13. The van der Waals surface area contributed by atoms with Crippen LogP contribution in [0.5, 0.6) is 0 Å². The van der Waals surface area contributed by atoms with Gasteiger partial charge in [0.15, 0.2) is 0 Å². The van der Waals surface area contributed by atoms with Crippen molar-refractivity contribution in [3.63, 3.8) is 0 Å². The SMILES string of the molecule is CC1N=C(N)N=C(N)N1OCc1cccc2ccccc12.Cl. The zero-order valence-electron chi connectivity index (χ0n) is 12.1. The van der Waals surface area contributed by atoms with Crippen molar-refractivity contribution >= 4 is 35.1 Å². The summed E-state index contributed by atoms with van der Waals surface area (Å²) in [4.78, 5) is 13.8. The van der Waals surface area contributed by atoms with Crippen molar-refractivity contribution in [3.05, 3.63) is 48.0 Å². The zero-order valence-corrected chi connectivity index (χ0v) is 13.0. The Morgan fingerprint density at radius 2 is 1.86 bits per heavy atom. The van der Waals surface area contributed by atoms with Crippen LogP contribution in [0.15, 0.2) is 52.4 Å². The van der Waals surface area contributed by atoms with E-state index in [1.54, 1.807) is 0 Å². The van der Waals surface area contributed by atoms with Gasteiger partial charge in [-0.3, -0.25) is 4.84 Å². The van der Waals surface area contributed by atoms with E-state index in [-0.39, 0.29) is 30.5 Å². The monoisotopic (exact) mass is 319 g/mol. The lowest BCUT2D eigenvalue weighted by Gasteiger charge is -2.28. The van der Waals surface area contributed by atoms with Crippen LogP contribution in [0.25, 0.3) is 10.8 Å². The van der Waals surface area contributed by atoms with E-state index < -0.39 is 0 Å². The number of hydroxylamine groups is 2. The fourth-order valence-corrected chi connectivity index (χ4v) is 2.36. The van der Waals surface area contributed by atoms with Crippen LogP contribution < -0.4 is 11.5 Å². The van der Waals surface area contributed by atoms with E-state index in [1.165, 1.54) is 10.4 Å². The third-order valence-electron chi connectivity index (χ3n) is 3.35. The Balaban J connectivity index is 0.00000176. The predicted molar refractivity (Wildman–Crippen MR) is 90.5 cm³/mol. The lowest BCUT2D eigenvalue weighted by molar-refractivity contribution is -0.134. The predicted octanol–water partition coefficient (Wildman–Crippen LogP) is 1.98. The van der Waals surface area contributed by atoms with Crippen molar-refractivity contribution in [2.75, 3.05) is 0 Å². The van der Waals surface area contributed by atoms with Crippen LogP contribution in [0.2, 0.25) is 0 Å². The Morgan fingerprint density at radius 1 is 1.14 bits per heavy atom. The second-order valence-electron chi connectivity index (χ2n) is 4.83. The summed E-state index contributed by atoms with van der Waals surface area (Å²) in [7, 11) is 0. The molecule has 22 heavy (non-hydrogen) atoms. The average Bonchev–Trinajstić information content (AvgIpc) is 2.46. The summed E-state index contributed by atoms with van der Waals surface area (Å²) < 4.78 is 0. The summed E-state index contributed by atoms with van der Waals surface area (Å²) in [6.07, 6.45) is -0.294. The van der Waals surface area contributed by atoms with Gasteiger partial charge < -0.3 is 11.5 Å². The van der Waals surface area contributed by atoms with Crippen LogP contribution >= 0.6 is 12.4 Å². The fraction of sp³-hybridized carbons (Fsp3) is 0.200. The molecule has 2 aromatic rings. The van der Waals surface area contributed by atoms with Gasteiger partial charge in [-0.25, -0.2) is 4.99 Å². The molecule has 0 radical (unpaired) electrons. The Bertz CT molecular complexity index is 725. The van der Waals surface area contributed by atoms with Crippen LogP contribution in [-0.4, -0.2) is 23.1 Å². The number of aliphatic imine (C=N–C) groups is 2. The van der Waals surface area contributed by atoms with Crippen molar-refractivity contribution in [1.82, 2.24) is 5.06 Å². The number of rotatable bonds is 3. The van der Waals surface area contributed by atoms with E-state index in [0.717, 1.165) is 10.9 Å². The van der Waals surface area contributed by atoms with Gasteiger partial charge in [-0.15, -0.1) is 12.4 Å². The lowest BCUT2D eigenvalue weighted by atomic mass is 10.1. The number of benzene rings is 2. The first-order chi connectivity index (χ1) is 10.1. The first kappa shape index (κ1) is 16.1. The first-order valence-corrected chi connectivity index (χ1v) is 6.71. The molecule has 116 valence electrons. The Hall–Kier alpha value is -2.31. The highest BCUT2D eigenvalue weighted by Gasteiger charge is 2.21. The second kappa shape index (κ2) is 6.64. The Morgan fingerprint density at radius 3 is 2.64 bits per heavy atom. The minimum absolute atomic E-state index is 0. The number of halogens is 1. The molecule has 1 aliphatic heterocycles. The van der Waals surface area contributed by atoms with Crippen LogP contribution in [0.1, 0.15) is 12.5 Å². The van der Waals surface area contributed by atoms with Gasteiger partial charge in [0.1, 0.15) is 12.8 Å². The fourth-order valence-electron chi connectivity index (χ4n) is 2.36. The number of nitrogens with zero attached hydrogens (tertiary/aromatic N) is 3. The van der Waals surface area contributed by atoms with Gasteiger partial charge in [0, 0.05) is 0 Å². The van der Waals surface area contributed by atoms with Crippen LogP contribution in [-0.2, 0) is 11.4 Å². The molecule has 1 heterocycles. The molecular weight excluding hydrogens is 302 g/mol. The smallest absolute Gasteiger partial charge is 0.225 e. The maximum Gasteiger partial charge on any atom is 0.225 e. The van der Waals surface area contributed by atoms with Gasteiger partial charge >= 0.3 is 0 Å². The van der Waals surface area contributed by atoms with Gasteiger partial charge in [-0.1, -0.05) is 42.5 Å². The van der Waals surface area contributed by atoms with E-state index in [2.05, 4.69) is 28.2 Å². The summed E-state index contributed by atoms with van der Waals surface area (Å²) in [6.45, 7) is 2.23. The molecule has 3 rings (SSSR count). The minimum atomic E-state index is -0.294. The molecule has 0 aliphatic carbocycles. The Labute approximate surface area is 134 Å². The van der Waals surface area contributed by atoms with Crippen molar-refractivity contribution in [2.45, 2.75) is 19.7 Å². The van der Waals surface area contributed by atoms with Gasteiger partial charge in [0.2, 0.25) is 11.9 Å².